The number of rotatable bonds is 43. The van der Waals surface area contributed by atoms with Crippen molar-refractivity contribution >= 4 is 0 Å². The highest BCUT2D eigenvalue weighted by atomic mass is 14.9. The lowest BCUT2D eigenvalue weighted by atomic mass is 10.0. The van der Waals surface area contributed by atoms with Crippen molar-refractivity contribution in [2.24, 2.45) is 11.5 Å². The summed E-state index contributed by atoms with van der Waals surface area (Å²) in [6.45, 7) is 4.09. The number of unbranched alkanes of at least 4 members (excludes halogenated alkanes) is 33. The highest BCUT2D eigenvalue weighted by molar-refractivity contribution is 5.05. The minimum absolute atomic E-state index is 0.861. The SMILES string of the molecule is NCCCCCCCCCCCCCCCC[n+]1cccc(CCCCCCCCCCCCc2ccc[n+](CCCCCCCCCCCCCCN)c2)c1. The van der Waals surface area contributed by atoms with Crippen molar-refractivity contribution in [2.45, 2.75) is 257 Å². The molecule has 4 heteroatoms. The van der Waals surface area contributed by atoms with Crippen LogP contribution >= 0.6 is 0 Å². The third-order valence-corrected chi connectivity index (χ3v) is 12.3. The van der Waals surface area contributed by atoms with Gasteiger partial charge in [-0.2, -0.15) is 0 Å². The van der Waals surface area contributed by atoms with E-state index in [9.17, 15) is 0 Å². The topological polar surface area (TPSA) is 59.8 Å². The molecule has 0 radical (unpaired) electrons. The van der Waals surface area contributed by atoms with Crippen LogP contribution in [0.2, 0.25) is 0 Å². The Labute approximate surface area is 349 Å². The van der Waals surface area contributed by atoms with Gasteiger partial charge in [0.25, 0.3) is 0 Å². The second-order valence-electron chi connectivity index (χ2n) is 17.7. The third kappa shape index (κ3) is 32.2. The van der Waals surface area contributed by atoms with Gasteiger partial charge in [-0.3, -0.25) is 0 Å². The van der Waals surface area contributed by atoms with Crippen molar-refractivity contribution in [1.82, 2.24) is 0 Å². The Balaban J connectivity index is 1.33. The van der Waals surface area contributed by atoms with Gasteiger partial charge in [0.2, 0.25) is 0 Å². The van der Waals surface area contributed by atoms with Crippen LogP contribution < -0.4 is 20.6 Å². The molecule has 0 saturated heterocycles. The number of aryl methyl sites for hydroxylation is 4. The summed E-state index contributed by atoms with van der Waals surface area (Å²) in [4.78, 5) is 0. The summed E-state index contributed by atoms with van der Waals surface area (Å²) < 4.78 is 4.89. The quantitative estimate of drug-likeness (QED) is 0.0520. The first-order chi connectivity index (χ1) is 27.8. The van der Waals surface area contributed by atoms with E-state index in [1.807, 2.05) is 0 Å². The highest BCUT2D eigenvalue weighted by Crippen LogP contribution is 2.16. The summed E-state index contributed by atoms with van der Waals surface area (Å²) >= 11 is 0. The van der Waals surface area contributed by atoms with Gasteiger partial charge in [0, 0.05) is 36.1 Å². The van der Waals surface area contributed by atoms with Crippen LogP contribution in [0.4, 0.5) is 0 Å². The molecule has 0 spiro atoms. The highest BCUT2D eigenvalue weighted by Gasteiger charge is 2.05. The summed E-state index contributed by atoms with van der Waals surface area (Å²) in [6, 6.07) is 9.21. The third-order valence-electron chi connectivity index (χ3n) is 12.3. The standard InChI is InChI=1S/C52H96N4/c53-43-33-27-21-15-9-3-1-2-5-11-17-23-29-35-45-55-47-37-41-51(49-55)39-31-25-19-13-7-8-14-20-26-32-40-52-42-38-48-56(50-52)46-36-30-24-18-12-6-4-10-16-22-28-34-44-54/h37-38,41-42,47-50H,1-36,39-40,43-46,53-54H2/q+2. The first-order valence-electron chi connectivity index (χ1n) is 25.2. The van der Waals surface area contributed by atoms with Crippen molar-refractivity contribution in [1.29, 1.82) is 0 Å². The fourth-order valence-corrected chi connectivity index (χ4v) is 8.57. The van der Waals surface area contributed by atoms with E-state index in [0.717, 1.165) is 13.1 Å². The Morgan fingerprint density at radius 3 is 0.786 bits per heavy atom. The first kappa shape index (κ1) is 50.4. The van der Waals surface area contributed by atoms with Gasteiger partial charge in [0.05, 0.1) is 0 Å². The van der Waals surface area contributed by atoms with E-state index in [1.165, 1.54) is 268 Å². The van der Waals surface area contributed by atoms with Gasteiger partial charge in [0.15, 0.2) is 24.8 Å². The molecule has 56 heavy (non-hydrogen) atoms. The Hall–Kier alpha value is -1.78. The van der Waals surface area contributed by atoms with Crippen LogP contribution in [0.1, 0.15) is 242 Å². The van der Waals surface area contributed by atoms with Gasteiger partial charge in [-0.25, -0.2) is 9.13 Å². The zero-order valence-corrected chi connectivity index (χ0v) is 37.4. The molecule has 4 N–H and O–H groups in total. The van der Waals surface area contributed by atoms with Crippen molar-refractivity contribution in [3.63, 3.8) is 0 Å². The molecule has 0 aliphatic heterocycles. The van der Waals surface area contributed by atoms with Crippen LogP contribution in [0, 0.1) is 0 Å². The molecule has 0 aromatic carbocycles. The van der Waals surface area contributed by atoms with E-state index in [2.05, 4.69) is 58.2 Å². The Morgan fingerprint density at radius 2 is 0.518 bits per heavy atom. The average Bonchev–Trinajstić information content (AvgIpc) is 3.22. The minimum Gasteiger partial charge on any atom is -0.330 e. The molecule has 0 amide bonds. The Kier molecular flexibility index (Phi) is 36.0. The molecular formula is C52H96N4+2. The second kappa shape index (κ2) is 40.0. The number of nitrogens with zero attached hydrogens (tertiary/aromatic N) is 2. The molecule has 2 heterocycles. The largest absolute Gasteiger partial charge is 0.330 e. The average molecular weight is 777 g/mol. The number of hydrogen-bond acceptors (Lipinski definition) is 2. The molecule has 0 aliphatic rings. The van der Waals surface area contributed by atoms with Crippen molar-refractivity contribution in [3.05, 3.63) is 60.2 Å². The smallest absolute Gasteiger partial charge is 0.171 e. The molecule has 0 unspecified atom stereocenters. The number of nitrogens with two attached hydrogens (primary N) is 2. The Bertz CT molecular complexity index is 1090. The molecular weight excluding hydrogens is 681 g/mol. The van der Waals surface area contributed by atoms with Crippen LogP contribution in [0.3, 0.4) is 0 Å². The molecule has 0 saturated carbocycles. The summed E-state index contributed by atoms with van der Waals surface area (Å²) in [5.41, 5.74) is 14.2. The summed E-state index contributed by atoms with van der Waals surface area (Å²) in [5.74, 6) is 0. The molecule has 4 nitrogen and oxygen atoms in total. The molecule has 2 rings (SSSR count). The molecule has 0 atom stereocenters. The van der Waals surface area contributed by atoms with Crippen LogP contribution in [0.25, 0.3) is 0 Å². The summed E-state index contributed by atoms with van der Waals surface area (Å²) in [6.07, 6.45) is 61.9. The van der Waals surface area contributed by atoms with Gasteiger partial charge < -0.3 is 11.5 Å². The van der Waals surface area contributed by atoms with E-state index in [4.69, 9.17) is 11.5 Å². The normalized spacial score (nSPS) is 11.5. The maximum atomic E-state index is 5.58. The minimum atomic E-state index is 0.861. The van der Waals surface area contributed by atoms with E-state index < -0.39 is 0 Å². The molecule has 322 valence electrons. The fourth-order valence-electron chi connectivity index (χ4n) is 8.57. The van der Waals surface area contributed by atoms with Crippen LogP contribution in [-0.2, 0) is 25.9 Å². The number of aromatic nitrogens is 2. The van der Waals surface area contributed by atoms with Gasteiger partial charge in [-0.1, -0.05) is 180 Å². The Morgan fingerprint density at radius 1 is 0.286 bits per heavy atom. The van der Waals surface area contributed by atoms with Crippen LogP contribution in [-0.4, -0.2) is 13.1 Å². The van der Waals surface area contributed by atoms with Gasteiger partial charge in [0.1, 0.15) is 13.1 Å². The van der Waals surface area contributed by atoms with Crippen LogP contribution in [0.5, 0.6) is 0 Å². The van der Waals surface area contributed by atoms with Crippen molar-refractivity contribution < 1.29 is 9.13 Å². The first-order valence-corrected chi connectivity index (χ1v) is 25.2. The fraction of sp³-hybridized carbons (Fsp3) is 0.808. The zero-order valence-electron chi connectivity index (χ0n) is 37.4. The van der Waals surface area contributed by atoms with E-state index in [0.29, 0.717) is 0 Å². The second-order valence-corrected chi connectivity index (χ2v) is 17.7. The number of hydrogen-bond donors (Lipinski definition) is 2. The monoisotopic (exact) mass is 777 g/mol. The molecule has 0 aliphatic carbocycles. The lowest BCUT2D eigenvalue weighted by Crippen LogP contribution is -2.33. The maximum Gasteiger partial charge on any atom is 0.171 e. The maximum absolute atomic E-state index is 5.58. The van der Waals surface area contributed by atoms with Crippen molar-refractivity contribution in [2.75, 3.05) is 13.1 Å². The summed E-state index contributed by atoms with van der Waals surface area (Å²) in [7, 11) is 0. The van der Waals surface area contributed by atoms with E-state index in [1.54, 1.807) is 0 Å². The zero-order chi connectivity index (χ0) is 39.7. The van der Waals surface area contributed by atoms with E-state index >= 15 is 0 Å². The predicted molar refractivity (Wildman–Crippen MR) is 245 cm³/mol. The molecule has 2 aromatic rings. The predicted octanol–water partition coefficient (Wildman–Crippen LogP) is 14.0. The van der Waals surface area contributed by atoms with Crippen LogP contribution in [0.15, 0.2) is 49.1 Å². The molecule has 0 fully saturated rings. The summed E-state index contributed by atoms with van der Waals surface area (Å²) in [5, 5.41) is 0. The van der Waals surface area contributed by atoms with Crippen molar-refractivity contribution in [3.8, 4) is 0 Å². The van der Waals surface area contributed by atoms with Gasteiger partial charge in [-0.15, -0.1) is 0 Å². The van der Waals surface area contributed by atoms with Gasteiger partial charge >= 0.3 is 0 Å². The molecule has 2 aromatic heterocycles. The lowest BCUT2D eigenvalue weighted by Gasteiger charge is -2.05. The lowest BCUT2D eigenvalue weighted by molar-refractivity contribution is -0.697. The molecule has 0 bridgehead atoms. The number of pyridine rings is 2. The van der Waals surface area contributed by atoms with Gasteiger partial charge in [-0.05, 0) is 76.6 Å². The van der Waals surface area contributed by atoms with E-state index in [-0.39, 0.29) is 0 Å².